The molecule has 0 aliphatic carbocycles. The van der Waals surface area contributed by atoms with Crippen LogP contribution < -0.4 is 9.46 Å². The van der Waals surface area contributed by atoms with Crippen LogP contribution in [0.5, 0.6) is 5.75 Å². The van der Waals surface area contributed by atoms with Crippen molar-refractivity contribution < 1.29 is 23.1 Å². The number of ether oxygens (including phenoxy) is 1. The Hall–Kier alpha value is -1.60. The number of nitrogens with one attached hydrogen (secondary N) is 1. The zero-order valence-corrected chi connectivity index (χ0v) is 10.9. The van der Waals surface area contributed by atoms with E-state index in [4.69, 9.17) is 9.84 Å². The van der Waals surface area contributed by atoms with Gasteiger partial charge in [-0.1, -0.05) is 18.2 Å². The average molecular weight is 273 g/mol. The van der Waals surface area contributed by atoms with Crippen LogP contribution in [0.4, 0.5) is 0 Å². The lowest BCUT2D eigenvalue weighted by atomic mass is 10.1. The van der Waals surface area contributed by atoms with Crippen molar-refractivity contribution in [1.29, 1.82) is 0 Å². The van der Waals surface area contributed by atoms with Gasteiger partial charge in [0.15, 0.2) is 5.54 Å². The van der Waals surface area contributed by atoms with E-state index in [2.05, 4.69) is 0 Å². The minimum atomic E-state index is -3.64. The first kappa shape index (κ1) is 14.5. The van der Waals surface area contributed by atoms with Crippen molar-refractivity contribution in [3.8, 4) is 5.75 Å². The van der Waals surface area contributed by atoms with E-state index in [0.29, 0.717) is 5.75 Å². The van der Waals surface area contributed by atoms with Crippen molar-refractivity contribution in [2.45, 2.75) is 12.5 Å². The van der Waals surface area contributed by atoms with Crippen LogP contribution in [0, 0.1) is 0 Å². The summed E-state index contributed by atoms with van der Waals surface area (Å²) in [6, 6.07) is 8.57. The van der Waals surface area contributed by atoms with Crippen LogP contribution in [0.3, 0.4) is 0 Å². The molecular weight excluding hydrogens is 258 g/mol. The monoisotopic (exact) mass is 273 g/mol. The van der Waals surface area contributed by atoms with Crippen LogP contribution in [0.1, 0.15) is 6.92 Å². The molecule has 0 heterocycles. The maximum Gasteiger partial charge on any atom is 0.328 e. The Labute approximate surface area is 106 Å². The second-order valence-electron chi connectivity index (χ2n) is 4.11. The van der Waals surface area contributed by atoms with Crippen molar-refractivity contribution in [1.82, 2.24) is 4.72 Å². The molecule has 0 aliphatic heterocycles. The van der Waals surface area contributed by atoms with Crippen LogP contribution >= 0.6 is 0 Å². The van der Waals surface area contributed by atoms with Crippen LogP contribution in [0.25, 0.3) is 0 Å². The molecule has 18 heavy (non-hydrogen) atoms. The van der Waals surface area contributed by atoms with Gasteiger partial charge in [-0.3, -0.25) is 4.79 Å². The third kappa shape index (κ3) is 4.34. The first-order valence-electron chi connectivity index (χ1n) is 5.13. The van der Waals surface area contributed by atoms with E-state index in [9.17, 15) is 13.2 Å². The molecular formula is C11H15NO5S. The Balaban J connectivity index is 2.78. The lowest BCUT2D eigenvalue weighted by Gasteiger charge is -2.25. The van der Waals surface area contributed by atoms with E-state index in [1.165, 1.54) is 6.92 Å². The van der Waals surface area contributed by atoms with Gasteiger partial charge in [0, 0.05) is 0 Å². The summed E-state index contributed by atoms with van der Waals surface area (Å²) in [4.78, 5) is 11.1. The number of aliphatic carboxylic acids is 1. The number of hydrogen-bond acceptors (Lipinski definition) is 4. The quantitative estimate of drug-likeness (QED) is 0.785. The molecule has 0 fully saturated rings. The molecule has 7 heteroatoms. The second-order valence-corrected chi connectivity index (χ2v) is 5.86. The van der Waals surface area contributed by atoms with E-state index in [-0.39, 0.29) is 6.61 Å². The van der Waals surface area contributed by atoms with Gasteiger partial charge in [0.25, 0.3) is 0 Å². The molecule has 100 valence electrons. The molecule has 0 bridgehead atoms. The van der Waals surface area contributed by atoms with Crippen LogP contribution in [-0.2, 0) is 14.8 Å². The molecule has 0 spiro atoms. The van der Waals surface area contributed by atoms with Crippen molar-refractivity contribution in [2.75, 3.05) is 12.9 Å². The van der Waals surface area contributed by atoms with Gasteiger partial charge in [0.1, 0.15) is 12.4 Å². The highest BCUT2D eigenvalue weighted by atomic mass is 32.2. The standard InChI is InChI=1S/C11H15NO5S/c1-11(10(13)14,12-18(2,15)16)8-17-9-6-4-3-5-7-9/h3-7,12H,8H2,1-2H3,(H,13,14). The Bertz CT molecular complexity index is 513. The summed E-state index contributed by atoms with van der Waals surface area (Å²) in [5.41, 5.74) is -1.70. The van der Waals surface area contributed by atoms with E-state index in [1.54, 1.807) is 30.3 Å². The summed E-state index contributed by atoms with van der Waals surface area (Å²) in [6.45, 7) is 0.943. The minimum Gasteiger partial charge on any atom is -0.491 e. The number of sulfonamides is 1. The molecule has 0 saturated carbocycles. The Morgan fingerprint density at radius 3 is 2.39 bits per heavy atom. The largest absolute Gasteiger partial charge is 0.491 e. The summed E-state index contributed by atoms with van der Waals surface area (Å²) in [6.07, 6.45) is 0.900. The molecule has 0 amide bonds. The maximum absolute atomic E-state index is 11.1. The predicted molar refractivity (Wildman–Crippen MR) is 66.0 cm³/mol. The fourth-order valence-electron chi connectivity index (χ4n) is 1.29. The van der Waals surface area contributed by atoms with Gasteiger partial charge in [-0.2, -0.15) is 4.72 Å². The maximum atomic E-state index is 11.1. The summed E-state index contributed by atoms with van der Waals surface area (Å²) in [5.74, 6) is -0.830. The SMILES string of the molecule is CC(COc1ccccc1)(NS(C)(=O)=O)C(=O)O. The Morgan fingerprint density at radius 1 is 1.39 bits per heavy atom. The molecule has 1 aromatic carbocycles. The van der Waals surface area contributed by atoms with E-state index in [1.807, 2.05) is 4.72 Å². The van der Waals surface area contributed by atoms with Gasteiger partial charge in [-0.05, 0) is 19.1 Å². The lowest BCUT2D eigenvalue weighted by molar-refractivity contribution is -0.144. The Kier molecular flexibility index (Phi) is 4.31. The molecule has 0 aromatic heterocycles. The van der Waals surface area contributed by atoms with Gasteiger partial charge in [0.05, 0.1) is 6.26 Å². The number of para-hydroxylation sites is 1. The molecule has 1 rings (SSSR count). The van der Waals surface area contributed by atoms with Gasteiger partial charge in [-0.25, -0.2) is 8.42 Å². The number of carboxylic acids is 1. The zero-order valence-electron chi connectivity index (χ0n) is 10.1. The molecule has 0 saturated heterocycles. The molecule has 0 aliphatic rings. The third-order valence-electron chi connectivity index (χ3n) is 2.15. The topological polar surface area (TPSA) is 92.7 Å². The number of benzene rings is 1. The summed E-state index contributed by atoms with van der Waals surface area (Å²) >= 11 is 0. The van der Waals surface area contributed by atoms with E-state index < -0.39 is 21.5 Å². The minimum absolute atomic E-state index is 0.306. The zero-order chi connectivity index (χ0) is 13.8. The van der Waals surface area contributed by atoms with Gasteiger partial charge < -0.3 is 9.84 Å². The fraction of sp³-hybridized carbons (Fsp3) is 0.364. The van der Waals surface area contributed by atoms with Crippen LogP contribution in [-0.4, -0.2) is 37.9 Å². The van der Waals surface area contributed by atoms with E-state index in [0.717, 1.165) is 6.26 Å². The fourth-order valence-corrected chi connectivity index (χ4v) is 2.25. The number of carbonyl (C=O) groups is 1. The highest BCUT2D eigenvalue weighted by molar-refractivity contribution is 7.88. The predicted octanol–water partition coefficient (Wildman–Crippen LogP) is 0.458. The molecule has 1 atom stereocenters. The summed E-state index contributed by atoms with van der Waals surface area (Å²) in [5, 5.41) is 9.07. The molecule has 0 radical (unpaired) electrons. The average Bonchev–Trinajstić information content (AvgIpc) is 2.25. The smallest absolute Gasteiger partial charge is 0.328 e. The lowest BCUT2D eigenvalue weighted by Crippen LogP contribution is -2.55. The normalized spacial score (nSPS) is 14.8. The highest BCUT2D eigenvalue weighted by Gasteiger charge is 2.37. The van der Waals surface area contributed by atoms with Crippen molar-refractivity contribution >= 4 is 16.0 Å². The summed E-state index contributed by atoms with van der Waals surface area (Å²) < 4.78 is 29.6. The number of rotatable bonds is 6. The van der Waals surface area contributed by atoms with Crippen LogP contribution in [0.15, 0.2) is 30.3 Å². The van der Waals surface area contributed by atoms with Gasteiger partial charge in [0.2, 0.25) is 10.0 Å². The third-order valence-corrected chi connectivity index (χ3v) is 2.97. The van der Waals surface area contributed by atoms with Crippen molar-refractivity contribution in [3.05, 3.63) is 30.3 Å². The first-order chi connectivity index (χ1) is 8.23. The molecule has 6 nitrogen and oxygen atoms in total. The molecule has 1 unspecified atom stereocenters. The highest BCUT2D eigenvalue weighted by Crippen LogP contribution is 2.13. The van der Waals surface area contributed by atoms with Gasteiger partial charge >= 0.3 is 5.97 Å². The van der Waals surface area contributed by atoms with Crippen molar-refractivity contribution in [2.24, 2.45) is 0 Å². The summed E-state index contributed by atoms with van der Waals surface area (Å²) in [7, 11) is -3.64. The Morgan fingerprint density at radius 2 is 1.94 bits per heavy atom. The molecule has 1 aromatic rings. The van der Waals surface area contributed by atoms with Crippen molar-refractivity contribution in [3.63, 3.8) is 0 Å². The van der Waals surface area contributed by atoms with Crippen LogP contribution in [0.2, 0.25) is 0 Å². The van der Waals surface area contributed by atoms with E-state index >= 15 is 0 Å². The number of carboxylic acid groups (broad SMARTS) is 1. The number of hydrogen-bond donors (Lipinski definition) is 2. The first-order valence-corrected chi connectivity index (χ1v) is 7.02. The molecule has 2 N–H and O–H groups in total. The second kappa shape index (κ2) is 5.36. The van der Waals surface area contributed by atoms with Gasteiger partial charge in [-0.15, -0.1) is 0 Å².